The van der Waals surface area contributed by atoms with Crippen molar-refractivity contribution in [2.75, 3.05) is 25.5 Å². The SMILES string of the molecule is CC(=O)N[C@@H](Cc1ccc(F)cc1)[C@H](O)CN[C@H]1CC2(CCC2)Oc2c1cc(CC(C)(C)C)nc2N(C)C. The van der Waals surface area contributed by atoms with E-state index in [1.807, 2.05) is 19.0 Å². The van der Waals surface area contributed by atoms with E-state index in [1.54, 1.807) is 12.1 Å². The van der Waals surface area contributed by atoms with Crippen LogP contribution in [-0.2, 0) is 17.6 Å². The number of rotatable bonds is 9. The van der Waals surface area contributed by atoms with Crippen molar-refractivity contribution in [3.05, 3.63) is 53.0 Å². The molecule has 1 saturated carbocycles. The van der Waals surface area contributed by atoms with Crippen molar-refractivity contribution >= 4 is 11.7 Å². The molecule has 3 N–H and O–H groups in total. The highest BCUT2D eigenvalue weighted by molar-refractivity contribution is 5.73. The summed E-state index contributed by atoms with van der Waals surface area (Å²) < 4.78 is 20.1. The number of nitrogens with one attached hydrogen (secondary N) is 2. The summed E-state index contributed by atoms with van der Waals surface area (Å²) in [6.45, 7) is 8.36. The number of aliphatic hydroxyl groups excluding tert-OH is 1. The minimum absolute atomic E-state index is 0.0158. The topological polar surface area (TPSA) is 86.7 Å². The fourth-order valence-electron chi connectivity index (χ4n) is 5.52. The summed E-state index contributed by atoms with van der Waals surface area (Å²) in [6.07, 6.45) is 4.37. The van der Waals surface area contributed by atoms with E-state index < -0.39 is 12.1 Å². The van der Waals surface area contributed by atoms with Crippen molar-refractivity contribution in [2.24, 2.45) is 5.41 Å². The summed E-state index contributed by atoms with van der Waals surface area (Å²) in [5.41, 5.74) is 2.82. The van der Waals surface area contributed by atoms with Crippen molar-refractivity contribution < 1.29 is 19.0 Å². The minimum atomic E-state index is -0.836. The maximum Gasteiger partial charge on any atom is 0.217 e. The van der Waals surface area contributed by atoms with Crippen molar-refractivity contribution in [3.8, 4) is 5.75 Å². The Hall–Kier alpha value is -2.71. The summed E-state index contributed by atoms with van der Waals surface area (Å²) in [7, 11) is 3.99. The second-order valence-corrected chi connectivity index (χ2v) is 12.5. The smallest absolute Gasteiger partial charge is 0.217 e. The molecule has 8 heteroatoms. The van der Waals surface area contributed by atoms with Crippen LogP contribution < -0.4 is 20.3 Å². The molecule has 2 aromatic rings. The molecule has 208 valence electrons. The number of carbonyl (C=O) groups is 1. The Morgan fingerprint density at radius 1 is 1.26 bits per heavy atom. The molecule has 0 saturated heterocycles. The Balaban J connectivity index is 1.58. The highest BCUT2D eigenvalue weighted by atomic mass is 19.1. The number of aliphatic hydroxyl groups is 1. The Labute approximate surface area is 226 Å². The highest BCUT2D eigenvalue weighted by Crippen LogP contribution is 2.51. The van der Waals surface area contributed by atoms with Gasteiger partial charge >= 0.3 is 0 Å². The number of hydrogen-bond acceptors (Lipinski definition) is 6. The summed E-state index contributed by atoms with van der Waals surface area (Å²) in [5, 5.41) is 17.7. The van der Waals surface area contributed by atoms with E-state index in [2.05, 4.69) is 37.5 Å². The summed E-state index contributed by atoms with van der Waals surface area (Å²) in [5.74, 6) is 1.14. The van der Waals surface area contributed by atoms with Gasteiger partial charge in [0.25, 0.3) is 0 Å². The van der Waals surface area contributed by atoms with Crippen LogP contribution in [0.3, 0.4) is 0 Å². The Bertz CT molecular complexity index is 1130. The van der Waals surface area contributed by atoms with E-state index in [0.717, 1.165) is 60.5 Å². The molecule has 0 radical (unpaired) electrons. The van der Waals surface area contributed by atoms with E-state index in [9.17, 15) is 14.3 Å². The third kappa shape index (κ3) is 6.83. The van der Waals surface area contributed by atoms with Gasteiger partial charge in [-0.2, -0.15) is 0 Å². The van der Waals surface area contributed by atoms with Gasteiger partial charge in [0.2, 0.25) is 5.91 Å². The third-order valence-corrected chi connectivity index (χ3v) is 7.50. The van der Waals surface area contributed by atoms with E-state index in [-0.39, 0.29) is 28.8 Å². The minimum Gasteiger partial charge on any atom is -0.483 e. The van der Waals surface area contributed by atoms with Gasteiger partial charge in [0.1, 0.15) is 11.4 Å². The number of hydrogen-bond donors (Lipinski definition) is 3. The van der Waals surface area contributed by atoms with Crippen LogP contribution in [0, 0.1) is 11.2 Å². The van der Waals surface area contributed by atoms with E-state index in [0.29, 0.717) is 13.0 Å². The van der Waals surface area contributed by atoms with Crippen LogP contribution >= 0.6 is 0 Å². The zero-order valence-electron chi connectivity index (χ0n) is 23.6. The van der Waals surface area contributed by atoms with Gasteiger partial charge in [-0.05, 0) is 61.3 Å². The number of anilines is 1. The molecule has 7 nitrogen and oxygen atoms in total. The largest absolute Gasteiger partial charge is 0.483 e. The Morgan fingerprint density at radius 2 is 1.95 bits per heavy atom. The highest BCUT2D eigenvalue weighted by Gasteiger charge is 2.47. The first-order valence-electron chi connectivity index (χ1n) is 13.7. The van der Waals surface area contributed by atoms with Crippen molar-refractivity contribution in [1.82, 2.24) is 15.6 Å². The zero-order valence-corrected chi connectivity index (χ0v) is 23.6. The Kier molecular flexibility index (Phi) is 8.33. The molecule has 1 spiro atoms. The first kappa shape index (κ1) is 28.3. The molecule has 1 aliphatic carbocycles. The van der Waals surface area contributed by atoms with Crippen molar-refractivity contribution in [3.63, 3.8) is 0 Å². The summed E-state index contributed by atoms with van der Waals surface area (Å²) in [6, 6.07) is 7.80. The van der Waals surface area contributed by atoms with Gasteiger partial charge in [0.05, 0.1) is 12.1 Å². The number of pyridine rings is 1. The van der Waals surface area contributed by atoms with Gasteiger partial charge in [-0.1, -0.05) is 32.9 Å². The second kappa shape index (κ2) is 11.2. The number of halogens is 1. The van der Waals surface area contributed by atoms with Crippen LogP contribution in [0.5, 0.6) is 5.75 Å². The van der Waals surface area contributed by atoms with Crippen LogP contribution in [0.4, 0.5) is 10.2 Å². The number of carbonyl (C=O) groups excluding carboxylic acids is 1. The maximum atomic E-state index is 13.4. The monoisotopic (exact) mass is 526 g/mol. The summed E-state index contributed by atoms with van der Waals surface area (Å²) >= 11 is 0. The molecule has 2 heterocycles. The quantitative estimate of drug-likeness (QED) is 0.451. The van der Waals surface area contributed by atoms with E-state index in [1.165, 1.54) is 19.1 Å². The molecule has 1 aromatic carbocycles. The molecule has 1 aromatic heterocycles. The van der Waals surface area contributed by atoms with Crippen LogP contribution in [0.15, 0.2) is 30.3 Å². The van der Waals surface area contributed by atoms with Crippen LogP contribution in [-0.4, -0.2) is 54.4 Å². The molecular weight excluding hydrogens is 483 g/mol. The molecular formula is C30H43FN4O3. The van der Waals surface area contributed by atoms with Crippen LogP contribution in [0.1, 0.15) is 76.2 Å². The number of ether oxygens (including phenoxy) is 1. The van der Waals surface area contributed by atoms with Crippen LogP contribution in [0.25, 0.3) is 0 Å². The van der Waals surface area contributed by atoms with Crippen LogP contribution in [0.2, 0.25) is 0 Å². The lowest BCUT2D eigenvalue weighted by Gasteiger charge is -2.49. The fourth-order valence-corrected chi connectivity index (χ4v) is 5.52. The van der Waals surface area contributed by atoms with Gasteiger partial charge in [-0.25, -0.2) is 9.37 Å². The molecule has 0 bridgehead atoms. The van der Waals surface area contributed by atoms with Gasteiger partial charge < -0.3 is 25.4 Å². The lowest BCUT2D eigenvalue weighted by atomic mass is 9.72. The predicted molar refractivity (Wildman–Crippen MR) is 148 cm³/mol. The first-order valence-corrected chi connectivity index (χ1v) is 13.7. The lowest BCUT2D eigenvalue weighted by molar-refractivity contribution is -0.120. The lowest BCUT2D eigenvalue weighted by Crippen LogP contribution is -2.52. The maximum absolute atomic E-state index is 13.4. The Morgan fingerprint density at radius 3 is 2.50 bits per heavy atom. The average Bonchev–Trinajstić information content (AvgIpc) is 2.80. The average molecular weight is 527 g/mol. The normalized spacial score (nSPS) is 19.6. The predicted octanol–water partition coefficient (Wildman–Crippen LogP) is 4.32. The first-order chi connectivity index (χ1) is 17.8. The number of benzene rings is 1. The standard InChI is InChI=1S/C30H43FN4O3/c1-19(36)33-24(14-20-8-10-21(31)11-9-20)26(37)18-32-25-17-30(12-7-13-30)38-27-23(25)15-22(16-29(2,3)4)34-28(27)35(5)6/h8-11,15,24-26,32,37H,7,12-14,16-18H2,1-6H3,(H,33,36)/t24-,25-,26+/m0/s1. The number of aromatic nitrogens is 1. The molecule has 38 heavy (non-hydrogen) atoms. The third-order valence-electron chi connectivity index (χ3n) is 7.50. The molecule has 0 unspecified atom stereocenters. The van der Waals surface area contributed by atoms with Gasteiger partial charge in [0, 0.05) is 51.3 Å². The molecule has 1 aliphatic heterocycles. The molecule has 1 amide bonds. The second-order valence-electron chi connectivity index (χ2n) is 12.5. The van der Waals surface area contributed by atoms with Gasteiger partial charge in [-0.3, -0.25) is 4.79 Å². The van der Waals surface area contributed by atoms with Gasteiger partial charge in [0.15, 0.2) is 11.6 Å². The van der Waals surface area contributed by atoms with E-state index in [4.69, 9.17) is 9.72 Å². The van der Waals surface area contributed by atoms with Crippen molar-refractivity contribution in [2.45, 2.75) is 90.0 Å². The summed E-state index contributed by atoms with van der Waals surface area (Å²) in [4.78, 5) is 18.9. The number of nitrogens with zero attached hydrogens (tertiary/aromatic N) is 2. The fraction of sp³-hybridized carbons (Fsp3) is 0.600. The molecule has 3 atom stereocenters. The van der Waals surface area contributed by atoms with Crippen molar-refractivity contribution in [1.29, 1.82) is 0 Å². The molecule has 2 aliphatic rings. The number of fused-ring (bicyclic) bond motifs is 1. The zero-order chi connectivity index (χ0) is 27.7. The molecule has 4 rings (SSSR count). The molecule has 1 fully saturated rings. The van der Waals surface area contributed by atoms with Gasteiger partial charge in [-0.15, -0.1) is 0 Å². The van der Waals surface area contributed by atoms with E-state index >= 15 is 0 Å². The number of amides is 1.